The van der Waals surface area contributed by atoms with Crippen LogP contribution in [-0.4, -0.2) is 61.4 Å². The number of hydrogen-bond donors (Lipinski definition) is 2. The lowest BCUT2D eigenvalue weighted by Crippen LogP contribution is -2.37. The molecule has 12 heteroatoms. The second-order valence-electron chi connectivity index (χ2n) is 10.8. The number of aromatic amines is 1. The summed E-state index contributed by atoms with van der Waals surface area (Å²) in [5.41, 5.74) is 0.0960. The number of H-pyrrole nitrogens is 1. The smallest absolute Gasteiger partial charge is 0.385 e. The molecule has 4 aromatic rings. The molecule has 0 aliphatic carbocycles. The SMILES string of the molecule is CC.CCCC(O)(CCC(C)CC)c1cc(N2CCOCC2)nc2c1cnn2-c1ccn[nH]1.Cc1ncccc1C(F)(F)F. The molecule has 2 N–H and O–H groups in total. The Morgan fingerprint density at radius 1 is 1.07 bits per heavy atom. The zero-order valence-electron chi connectivity index (χ0n) is 26.7. The number of rotatable bonds is 9. The van der Waals surface area contributed by atoms with Gasteiger partial charge in [-0.05, 0) is 55.9 Å². The molecule has 0 radical (unpaired) electrons. The first kappa shape index (κ1) is 35.0. The minimum atomic E-state index is -4.28. The first-order chi connectivity index (χ1) is 21.1. The number of ether oxygens (including phenoxy) is 1. The number of alkyl halides is 3. The van der Waals surface area contributed by atoms with Gasteiger partial charge in [0.2, 0.25) is 0 Å². The van der Waals surface area contributed by atoms with Gasteiger partial charge in [-0.15, -0.1) is 0 Å². The largest absolute Gasteiger partial charge is 0.418 e. The number of halogens is 3. The van der Waals surface area contributed by atoms with Crippen LogP contribution in [0.25, 0.3) is 16.9 Å². The van der Waals surface area contributed by atoms with Crippen LogP contribution in [0.5, 0.6) is 0 Å². The maximum absolute atomic E-state index is 12.0. The standard InChI is InChI=1S/C23H34N6O2.C7H6F3N.C2H6/c1-4-8-23(30,9-6-17(3)5-2)19-15-21(28-11-13-31-14-12-28)26-22-18(19)16-25-29(22)20-7-10-24-27-20;1-5-6(7(8,9)10)3-2-4-11-5;1-2/h7,10,15-17,30H,4-6,8-9,11-14H2,1-3H3,(H,24,27);2-4H,1H3;1-2H3. The summed E-state index contributed by atoms with van der Waals surface area (Å²) >= 11 is 0. The maximum Gasteiger partial charge on any atom is 0.418 e. The molecule has 1 fully saturated rings. The molecule has 1 aliphatic rings. The summed E-state index contributed by atoms with van der Waals surface area (Å²) in [7, 11) is 0. The van der Waals surface area contributed by atoms with Crippen molar-refractivity contribution in [3.8, 4) is 5.82 Å². The van der Waals surface area contributed by atoms with E-state index in [0.29, 0.717) is 25.6 Å². The molecule has 9 nitrogen and oxygen atoms in total. The van der Waals surface area contributed by atoms with Crippen molar-refractivity contribution >= 4 is 16.9 Å². The average molecular weight is 618 g/mol. The van der Waals surface area contributed by atoms with E-state index in [1.165, 1.54) is 19.2 Å². The quantitative estimate of drug-likeness (QED) is 0.204. The van der Waals surface area contributed by atoms with Gasteiger partial charge in [-0.2, -0.15) is 28.1 Å². The van der Waals surface area contributed by atoms with Gasteiger partial charge in [-0.1, -0.05) is 47.5 Å². The number of nitrogens with one attached hydrogen (secondary N) is 1. The summed E-state index contributed by atoms with van der Waals surface area (Å²) in [5, 5.41) is 24.5. The summed E-state index contributed by atoms with van der Waals surface area (Å²) in [6.07, 6.45) is 5.03. The van der Waals surface area contributed by atoms with Crippen LogP contribution in [0.4, 0.5) is 19.0 Å². The highest BCUT2D eigenvalue weighted by molar-refractivity contribution is 5.83. The number of anilines is 1. The molecular formula is C32H46F3N7O2. The van der Waals surface area contributed by atoms with E-state index in [1.54, 1.807) is 10.9 Å². The van der Waals surface area contributed by atoms with Crippen molar-refractivity contribution in [1.29, 1.82) is 0 Å². The van der Waals surface area contributed by atoms with Crippen molar-refractivity contribution in [3.63, 3.8) is 0 Å². The lowest BCUT2D eigenvalue weighted by Gasteiger charge is -2.33. The number of aryl methyl sites for hydroxylation is 1. The summed E-state index contributed by atoms with van der Waals surface area (Å²) in [4.78, 5) is 10.7. The second-order valence-corrected chi connectivity index (χ2v) is 10.8. The first-order valence-corrected chi connectivity index (χ1v) is 15.5. The van der Waals surface area contributed by atoms with E-state index in [1.807, 2.05) is 26.1 Å². The number of nitrogens with zero attached hydrogens (tertiary/aromatic N) is 6. The number of morpholine rings is 1. The molecule has 1 saturated heterocycles. The number of aliphatic hydroxyl groups is 1. The number of hydrogen-bond acceptors (Lipinski definition) is 7. The van der Waals surface area contributed by atoms with Crippen molar-refractivity contribution < 1.29 is 23.0 Å². The predicted octanol–water partition coefficient (Wildman–Crippen LogP) is 7.23. The van der Waals surface area contributed by atoms with E-state index < -0.39 is 17.3 Å². The molecule has 0 amide bonds. The predicted molar refractivity (Wildman–Crippen MR) is 167 cm³/mol. The lowest BCUT2D eigenvalue weighted by atomic mass is 9.82. The third-order valence-electron chi connectivity index (χ3n) is 7.80. The minimum Gasteiger partial charge on any atom is -0.385 e. The van der Waals surface area contributed by atoms with E-state index in [0.717, 1.165) is 73.1 Å². The van der Waals surface area contributed by atoms with Gasteiger partial charge in [-0.25, -0.2) is 4.98 Å². The Kier molecular flexibility index (Phi) is 12.7. The Morgan fingerprint density at radius 3 is 2.36 bits per heavy atom. The molecular weight excluding hydrogens is 571 g/mol. The van der Waals surface area contributed by atoms with Crippen LogP contribution in [0.15, 0.2) is 42.9 Å². The minimum absolute atomic E-state index is 0.0139. The fraction of sp³-hybridized carbons (Fsp3) is 0.562. The molecule has 0 spiro atoms. The molecule has 0 aromatic carbocycles. The van der Waals surface area contributed by atoms with Gasteiger partial charge in [0.1, 0.15) is 5.82 Å². The molecule has 4 aromatic heterocycles. The molecule has 44 heavy (non-hydrogen) atoms. The molecule has 0 saturated carbocycles. The van der Waals surface area contributed by atoms with E-state index in [9.17, 15) is 18.3 Å². The summed E-state index contributed by atoms with van der Waals surface area (Å²) in [6.45, 7) is 14.9. The van der Waals surface area contributed by atoms with Crippen LogP contribution >= 0.6 is 0 Å². The first-order valence-electron chi connectivity index (χ1n) is 15.5. The normalized spacial score (nSPS) is 15.5. The van der Waals surface area contributed by atoms with Gasteiger partial charge in [0.25, 0.3) is 0 Å². The number of pyridine rings is 2. The van der Waals surface area contributed by atoms with E-state index in [4.69, 9.17) is 9.72 Å². The summed E-state index contributed by atoms with van der Waals surface area (Å²) < 4.78 is 43.3. The second kappa shape index (κ2) is 16.0. The highest BCUT2D eigenvalue weighted by Crippen LogP contribution is 2.39. The van der Waals surface area contributed by atoms with E-state index >= 15 is 0 Å². The zero-order chi connectivity index (χ0) is 32.3. The van der Waals surface area contributed by atoms with Gasteiger partial charge in [0.15, 0.2) is 11.5 Å². The topological polar surface area (TPSA) is 105 Å². The third kappa shape index (κ3) is 8.56. The van der Waals surface area contributed by atoms with Gasteiger partial charge in [0.05, 0.1) is 36.8 Å². The third-order valence-corrected chi connectivity index (χ3v) is 7.80. The van der Waals surface area contributed by atoms with Crippen molar-refractivity contribution in [2.24, 2.45) is 5.92 Å². The molecule has 0 bridgehead atoms. The van der Waals surface area contributed by atoms with Crippen molar-refractivity contribution in [2.45, 2.75) is 85.4 Å². The van der Waals surface area contributed by atoms with Gasteiger partial charge >= 0.3 is 6.18 Å². The Balaban J connectivity index is 0.000000342. The van der Waals surface area contributed by atoms with Crippen LogP contribution in [-0.2, 0) is 16.5 Å². The van der Waals surface area contributed by atoms with Crippen LogP contribution in [0, 0.1) is 12.8 Å². The van der Waals surface area contributed by atoms with Crippen LogP contribution < -0.4 is 4.90 Å². The highest BCUT2D eigenvalue weighted by Gasteiger charge is 2.34. The lowest BCUT2D eigenvalue weighted by molar-refractivity contribution is -0.138. The Bertz CT molecular complexity index is 1420. The van der Waals surface area contributed by atoms with Crippen LogP contribution in [0.2, 0.25) is 0 Å². The maximum atomic E-state index is 12.0. The highest BCUT2D eigenvalue weighted by atomic mass is 19.4. The molecule has 242 valence electrons. The van der Waals surface area contributed by atoms with Crippen molar-refractivity contribution in [1.82, 2.24) is 29.9 Å². The molecule has 1 aliphatic heterocycles. The average Bonchev–Trinajstić information content (AvgIpc) is 3.71. The summed E-state index contributed by atoms with van der Waals surface area (Å²) in [5.74, 6) is 2.20. The fourth-order valence-electron chi connectivity index (χ4n) is 5.15. The molecule has 2 atom stereocenters. The Labute approximate surface area is 257 Å². The Hall–Kier alpha value is -3.51. The van der Waals surface area contributed by atoms with E-state index in [2.05, 4.69) is 52.0 Å². The fourth-order valence-corrected chi connectivity index (χ4v) is 5.15. The molecule has 5 rings (SSSR count). The van der Waals surface area contributed by atoms with Gasteiger partial charge in [0, 0.05) is 36.4 Å². The van der Waals surface area contributed by atoms with Gasteiger partial charge in [-0.3, -0.25) is 10.1 Å². The Morgan fingerprint density at radius 2 is 1.80 bits per heavy atom. The van der Waals surface area contributed by atoms with Crippen LogP contribution in [0.3, 0.4) is 0 Å². The van der Waals surface area contributed by atoms with Gasteiger partial charge < -0.3 is 14.7 Å². The monoisotopic (exact) mass is 617 g/mol. The molecule has 2 unspecified atom stereocenters. The number of aromatic nitrogens is 6. The van der Waals surface area contributed by atoms with Crippen molar-refractivity contribution in [3.05, 3.63) is 59.7 Å². The van der Waals surface area contributed by atoms with Crippen molar-refractivity contribution in [2.75, 3.05) is 31.2 Å². The summed E-state index contributed by atoms with van der Waals surface area (Å²) in [6, 6.07) is 6.24. The van der Waals surface area contributed by atoms with Crippen LogP contribution in [0.1, 0.15) is 83.5 Å². The number of fused-ring (bicyclic) bond motifs is 1. The zero-order valence-corrected chi connectivity index (χ0v) is 26.7. The molecule has 5 heterocycles. The van der Waals surface area contributed by atoms with E-state index in [-0.39, 0.29) is 5.69 Å².